The number of carbonyl (C=O) groups excluding carboxylic acids is 2. The van der Waals surface area contributed by atoms with Crippen molar-refractivity contribution in [2.24, 2.45) is 0 Å². The minimum absolute atomic E-state index is 0.000194. The summed E-state index contributed by atoms with van der Waals surface area (Å²) in [6.45, 7) is 10.6. The van der Waals surface area contributed by atoms with E-state index in [9.17, 15) is 9.59 Å². The van der Waals surface area contributed by atoms with Crippen LogP contribution in [0.3, 0.4) is 0 Å². The minimum Gasteiger partial charge on any atom is -0.444 e. The van der Waals surface area contributed by atoms with E-state index < -0.39 is 11.7 Å². The Bertz CT molecular complexity index is 330. The Balaban J connectivity index is 2.85. The van der Waals surface area contributed by atoms with Crippen molar-refractivity contribution in [2.75, 3.05) is 0 Å². The van der Waals surface area contributed by atoms with Gasteiger partial charge in [-0.05, 0) is 40.5 Å². The van der Waals surface area contributed by atoms with Crippen LogP contribution in [0, 0.1) is 0 Å². The van der Waals surface area contributed by atoms with E-state index in [2.05, 4.69) is 6.58 Å². The topological polar surface area (TPSA) is 46.6 Å². The highest BCUT2D eigenvalue weighted by Crippen LogP contribution is 2.27. The van der Waals surface area contributed by atoms with E-state index in [-0.39, 0.29) is 17.9 Å². The van der Waals surface area contributed by atoms with Crippen molar-refractivity contribution in [2.45, 2.75) is 58.2 Å². The molecule has 1 aliphatic heterocycles. The van der Waals surface area contributed by atoms with Gasteiger partial charge in [-0.25, -0.2) is 4.79 Å². The van der Waals surface area contributed by atoms with Crippen LogP contribution in [0.15, 0.2) is 12.7 Å². The highest BCUT2D eigenvalue weighted by Gasteiger charge is 2.39. The van der Waals surface area contributed by atoms with Crippen molar-refractivity contribution in [1.82, 2.24) is 4.90 Å². The number of likely N-dealkylation sites (tertiary alicyclic amines) is 1. The summed E-state index contributed by atoms with van der Waals surface area (Å²) >= 11 is 0. The van der Waals surface area contributed by atoms with Crippen LogP contribution in [0.25, 0.3) is 0 Å². The van der Waals surface area contributed by atoms with Crippen molar-refractivity contribution < 1.29 is 14.3 Å². The molecule has 0 aromatic rings. The lowest BCUT2D eigenvalue weighted by Crippen LogP contribution is -2.46. The number of hydrogen-bond acceptors (Lipinski definition) is 3. The third-order valence-corrected chi connectivity index (χ3v) is 2.77. The van der Waals surface area contributed by atoms with Gasteiger partial charge in [0.25, 0.3) is 0 Å². The molecule has 1 heterocycles. The van der Waals surface area contributed by atoms with Gasteiger partial charge in [-0.3, -0.25) is 9.69 Å². The van der Waals surface area contributed by atoms with Crippen LogP contribution >= 0.6 is 0 Å². The van der Waals surface area contributed by atoms with Crippen molar-refractivity contribution in [3.63, 3.8) is 0 Å². The monoisotopic (exact) mass is 239 g/mol. The van der Waals surface area contributed by atoms with E-state index >= 15 is 0 Å². The fraction of sp³-hybridized carbons (Fsp3) is 0.692. The Hall–Kier alpha value is -1.32. The van der Waals surface area contributed by atoms with Gasteiger partial charge in [0.1, 0.15) is 5.60 Å². The molecule has 0 aromatic carbocycles. The number of hydrogen-bond donors (Lipinski definition) is 0. The molecule has 1 rings (SSSR count). The molecule has 1 unspecified atom stereocenters. The van der Waals surface area contributed by atoms with Gasteiger partial charge in [-0.15, -0.1) is 6.58 Å². The second-order valence-electron chi connectivity index (χ2n) is 5.39. The molecule has 96 valence electrons. The van der Waals surface area contributed by atoms with Gasteiger partial charge in [0.2, 0.25) is 0 Å². The maximum absolute atomic E-state index is 12.0. The van der Waals surface area contributed by atoms with Crippen molar-refractivity contribution in [3.8, 4) is 0 Å². The molecule has 4 heteroatoms. The van der Waals surface area contributed by atoms with E-state index in [1.807, 2.05) is 20.8 Å². The zero-order valence-electron chi connectivity index (χ0n) is 11.0. The zero-order valence-corrected chi connectivity index (χ0v) is 11.0. The van der Waals surface area contributed by atoms with Crippen molar-refractivity contribution >= 4 is 11.9 Å². The Morgan fingerprint density at radius 3 is 2.35 bits per heavy atom. The van der Waals surface area contributed by atoms with E-state index in [1.165, 1.54) is 11.8 Å². The molecule has 0 radical (unpaired) electrons. The maximum Gasteiger partial charge on any atom is 0.411 e. The summed E-state index contributed by atoms with van der Waals surface area (Å²) in [5.74, 6) is 0.000194. The Morgan fingerprint density at radius 1 is 1.35 bits per heavy atom. The highest BCUT2D eigenvalue weighted by atomic mass is 16.6. The Morgan fingerprint density at radius 2 is 1.94 bits per heavy atom. The predicted molar refractivity (Wildman–Crippen MR) is 65.8 cm³/mol. The van der Waals surface area contributed by atoms with Crippen molar-refractivity contribution in [1.29, 1.82) is 0 Å². The lowest BCUT2D eigenvalue weighted by molar-refractivity contribution is -0.121. The molecule has 0 bridgehead atoms. The van der Waals surface area contributed by atoms with Gasteiger partial charge >= 0.3 is 6.09 Å². The van der Waals surface area contributed by atoms with Gasteiger partial charge in [-0.1, -0.05) is 6.08 Å². The molecule has 1 fully saturated rings. The van der Waals surface area contributed by atoms with E-state index in [0.29, 0.717) is 6.42 Å². The number of ether oxygens (including phenoxy) is 1. The molecule has 4 nitrogen and oxygen atoms in total. The fourth-order valence-corrected chi connectivity index (χ4v) is 2.05. The average molecular weight is 239 g/mol. The average Bonchev–Trinajstić information content (AvgIpc) is 2.57. The number of nitrogens with zero attached hydrogens (tertiary/aromatic N) is 1. The summed E-state index contributed by atoms with van der Waals surface area (Å²) in [6, 6.07) is -0.466. The van der Waals surface area contributed by atoms with E-state index in [1.54, 1.807) is 6.08 Å². The smallest absolute Gasteiger partial charge is 0.411 e. The molecule has 0 aliphatic carbocycles. The van der Waals surface area contributed by atoms with E-state index in [0.717, 1.165) is 6.42 Å². The highest BCUT2D eigenvalue weighted by molar-refractivity contribution is 5.86. The van der Waals surface area contributed by atoms with Crippen LogP contribution in [0.2, 0.25) is 0 Å². The maximum atomic E-state index is 12.0. The summed E-state index contributed by atoms with van der Waals surface area (Å²) in [7, 11) is 0. The third-order valence-electron chi connectivity index (χ3n) is 2.77. The quantitative estimate of drug-likeness (QED) is 0.696. The van der Waals surface area contributed by atoms with Gasteiger partial charge in [0.15, 0.2) is 5.78 Å². The zero-order chi connectivity index (χ0) is 13.2. The summed E-state index contributed by atoms with van der Waals surface area (Å²) < 4.78 is 5.32. The van der Waals surface area contributed by atoms with Crippen LogP contribution in [0.1, 0.15) is 40.5 Å². The molecule has 1 aliphatic rings. The normalized spacial score (nSPS) is 24.6. The molecule has 0 aromatic heterocycles. The molecule has 0 spiro atoms. The first-order valence-electron chi connectivity index (χ1n) is 5.90. The minimum atomic E-state index is -0.549. The Labute approximate surface area is 103 Å². The molecule has 1 amide bonds. The first-order valence-corrected chi connectivity index (χ1v) is 5.90. The number of carbonyl (C=O) groups is 2. The fourth-order valence-electron chi connectivity index (χ4n) is 2.05. The SMILES string of the molecule is C=CC1CC[C@@H](C(C)=O)N1C(=O)OC(C)(C)C. The van der Waals surface area contributed by atoms with Gasteiger partial charge in [-0.2, -0.15) is 0 Å². The van der Waals surface area contributed by atoms with E-state index in [4.69, 9.17) is 4.74 Å². The van der Waals surface area contributed by atoms with Crippen LogP contribution in [0.5, 0.6) is 0 Å². The number of rotatable bonds is 2. The first-order chi connectivity index (χ1) is 7.76. The van der Waals surface area contributed by atoms with Gasteiger partial charge in [0.05, 0.1) is 12.1 Å². The molecular weight excluding hydrogens is 218 g/mol. The first kappa shape index (κ1) is 13.7. The second-order valence-corrected chi connectivity index (χ2v) is 5.39. The summed E-state index contributed by atoms with van der Waals surface area (Å²) in [6.07, 6.45) is 2.73. The largest absolute Gasteiger partial charge is 0.444 e. The Kier molecular flexibility index (Phi) is 3.96. The number of amides is 1. The van der Waals surface area contributed by atoms with Crippen LogP contribution in [-0.2, 0) is 9.53 Å². The molecule has 0 N–H and O–H groups in total. The molecule has 2 atom stereocenters. The molecular formula is C13H21NO3. The lowest BCUT2D eigenvalue weighted by Gasteiger charge is -2.30. The van der Waals surface area contributed by atoms with Gasteiger partial charge in [0, 0.05) is 0 Å². The van der Waals surface area contributed by atoms with Crippen LogP contribution in [0.4, 0.5) is 4.79 Å². The number of Topliss-reactive ketones (excluding diaryl/α,β-unsaturated/α-hetero) is 1. The van der Waals surface area contributed by atoms with Crippen LogP contribution in [-0.4, -0.2) is 34.5 Å². The van der Waals surface area contributed by atoms with Gasteiger partial charge < -0.3 is 4.74 Å². The molecule has 0 saturated carbocycles. The standard InChI is InChI=1S/C13H21NO3/c1-6-10-7-8-11(9(2)15)14(10)12(16)17-13(3,4)5/h6,10-11H,1,7-8H2,2-5H3/t10?,11-/m0/s1. The summed E-state index contributed by atoms with van der Waals surface area (Å²) in [5.41, 5.74) is -0.549. The third kappa shape index (κ3) is 3.32. The molecule has 17 heavy (non-hydrogen) atoms. The van der Waals surface area contributed by atoms with Crippen molar-refractivity contribution in [3.05, 3.63) is 12.7 Å². The molecule has 1 saturated heterocycles. The van der Waals surface area contributed by atoms with Crippen LogP contribution < -0.4 is 0 Å². The number of ketones is 1. The second kappa shape index (κ2) is 4.90. The summed E-state index contributed by atoms with van der Waals surface area (Å²) in [4.78, 5) is 25.1. The summed E-state index contributed by atoms with van der Waals surface area (Å²) in [5, 5.41) is 0. The predicted octanol–water partition coefficient (Wildman–Crippen LogP) is 2.53. The lowest BCUT2D eigenvalue weighted by atomic mass is 10.1.